The maximum atomic E-state index is 11.4. The van der Waals surface area contributed by atoms with Gasteiger partial charge in [-0.05, 0) is 12.8 Å². The summed E-state index contributed by atoms with van der Waals surface area (Å²) in [5.41, 5.74) is 0. The zero-order chi connectivity index (χ0) is 13.5. The number of hydrogen-bond acceptors (Lipinski definition) is 3. The fraction of sp³-hybridized carbons (Fsp3) is 0.857. The van der Waals surface area contributed by atoms with Crippen molar-refractivity contribution in [1.29, 1.82) is 0 Å². The second kappa shape index (κ2) is 7.39. The van der Waals surface area contributed by atoms with Crippen LogP contribution < -0.4 is 0 Å². The predicted octanol–water partition coefficient (Wildman–Crippen LogP) is 3.00. The zero-order valence-electron chi connectivity index (χ0n) is 11.4. The number of aliphatic carboxylic acids is 1. The average Bonchev–Trinajstić information content (AvgIpc) is 2.59. The molecule has 0 aliphatic carbocycles. The fourth-order valence-corrected chi connectivity index (χ4v) is 2.54. The minimum atomic E-state index is -0.913. The number of unbranched alkanes of at least 4 members (excludes halogenated alkanes) is 5. The molecular formula is C14H24O4. The molecule has 1 N–H and O–H groups in total. The van der Waals surface area contributed by atoms with E-state index in [4.69, 9.17) is 9.84 Å². The van der Waals surface area contributed by atoms with Crippen LogP contribution in [0.25, 0.3) is 0 Å². The molecule has 1 heterocycles. The molecule has 0 spiro atoms. The first-order chi connectivity index (χ1) is 8.57. The summed E-state index contributed by atoms with van der Waals surface area (Å²) in [6.45, 7) is 3.82. The molecule has 104 valence electrons. The van der Waals surface area contributed by atoms with Crippen LogP contribution in [0.5, 0.6) is 0 Å². The molecule has 0 amide bonds. The molecule has 1 aliphatic rings. The normalized spacial score (nSPS) is 27.2. The molecule has 0 aromatic rings. The Balaban J connectivity index is 2.28. The van der Waals surface area contributed by atoms with Gasteiger partial charge in [0.2, 0.25) is 0 Å². The molecule has 0 aromatic heterocycles. The zero-order valence-corrected chi connectivity index (χ0v) is 11.4. The lowest BCUT2D eigenvalue weighted by Gasteiger charge is -2.15. The van der Waals surface area contributed by atoms with E-state index in [9.17, 15) is 9.59 Å². The van der Waals surface area contributed by atoms with E-state index in [2.05, 4.69) is 6.92 Å². The molecule has 3 atom stereocenters. The summed E-state index contributed by atoms with van der Waals surface area (Å²) in [5, 5.41) is 9.11. The van der Waals surface area contributed by atoms with Crippen molar-refractivity contribution in [3.05, 3.63) is 0 Å². The Kier molecular flexibility index (Phi) is 6.16. The van der Waals surface area contributed by atoms with Crippen LogP contribution in [0.2, 0.25) is 0 Å². The highest BCUT2D eigenvalue weighted by Crippen LogP contribution is 2.31. The molecule has 1 fully saturated rings. The molecule has 4 heteroatoms. The number of carbonyl (C=O) groups is 2. The Labute approximate surface area is 109 Å². The van der Waals surface area contributed by atoms with Gasteiger partial charge >= 0.3 is 11.9 Å². The van der Waals surface area contributed by atoms with E-state index in [1.807, 2.05) is 0 Å². The summed E-state index contributed by atoms with van der Waals surface area (Å²) in [7, 11) is 0. The summed E-state index contributed by atoms with van der Waals surface area (Å²) in [6, 6.07) is 0. The Morgan fingerprint density at radius 2 is 1.83 bits per heavy atom. The lowest BCUT2D eigenvalue weighted by molar-refractivity contribution is -0.144. The van der Waals surface area contributed by atoms with Gasteiger partial charge in [-0.1, -0.05) is 46.0 Å². The van der Waals surface area contributed by atoms with Gasteiger partial charge in [-0.3, -0.25) is 9.59 Å². The highest BCUT2D eigenvalue weighted by Gasteiger charge is 2.45. The number of carboxylic acids is 1. The van der Waals surface area contributed by atoms with E-state index in [1.165, 1.54) is 25.7 Å². The summed E-state index contributed by atoms with van der Waals surface area (Å²) in [4.78, 5) is 22.5. The first-order valence-corrected chi connectivity index (χ1v) is 7.01. The molecule has 0 saturated carbocycles. The van der Waals surface area contributed by atoms with Crippen LogP contribution in [0.4, 0.5) is 0 Å². The third-order valence-electron chi connectivity index (χ3n) is 3.71. The number of esters is 1. The van der Waals surface area contributed by atoms with Gasteiger partial charge in [0.25, 0.3) is 0 Å². The van der Waals surface area contributed by atoms with Gasteiger partial charge in [0.1, 0.15) is 12.0 Å². The van der Waals surface area contributed by atoms with E-state index < -0.39 is 23.9 Å². The monoisotopic (exact) mass is 256 g/mol. The first-order valence-electron chi connectivity index (χ1n) is 7.01. The molecule has 4 nitrogen and oxygen atoms in total. The third kappa shape index (κ3) is 4.00. The molecule has 1 aliphatic heterocycles. The summed E-state index contributed by atoms with van der Waals surface area (Å²) in [5.74, 6) is -2.44. The maximum Gasteiger partial charge on any atom is 0.311 e. The van der Waals surface area contributed by atoms with E-state index in [1.54, 1.807) is 6.92 Å². The van der Waals surface area contributed by atoms with E-state index in [-0.39, 0.29) is 5.97 Å². The fourth-order valence-electron chi connectivity index (χ4n) is 2.54. The van der Waals surface area contributed by atoms with Crippen molar-refractivity contribution in [1.82, 2.24) is 0 Å². The molecule has 18 heavy (non-hydrogen) atoms. The van der Waals surface area contributed by atoms with Crippen molar-refractivity contribution in [3.63, 3.8) is 0 Å². The van der Waals surface area contributed by atoms with Crippen molar-refractivity contribution < 1.29 is 19.4 Å². The van der Waals surface area contributed by atoms with Gasteiger partial charge in [-0.2, -0.15) is 0 Å². The van der Waals surface area contributed by atoms with E-state index in [0.717, 1.165) is 12.8 Å². The lowest BCUT2D eigenvalue weighted by atomic mass is 9.89. The molecule has 0 bridgehead atoms. The van der Waals surface area contributed by atoms with Gasteiger partial charge < -0.3 is 9.84 Å². The largest absolute Gasteiger partial charge is 0.481 e. The molecule has 0 radical (unpaired) electrons. The molecule has 0 aromatic carbocycles. The van der Waals surface area contributed by atoms with Crippen LogP contribution in [0.1, 0.15) is 58.8 Å². The standard InChI is InChI=1S/C14H24O4/c1-3-4-5-6-7-8-9-11-12(13(15)16)10(2)14(17)18-11/h10-12H,3-9H2,1-2H3,(H,15,16)/t10-,11+,12?/m1/s1. The average molecular weight is 256 g/mol. The van der Waals surface area contributed by atoms with E-state index in [0.29, 0.717) is 6.42 Å². The minimum absolute atomic E-state index is 0.363. The quantitative estimate of drug-likeness (QED) is 0.535. The smallest absolute Gasteiger partial charge is 0.311 e. The number of rotatable bonds is 8. The highest BCUT2D eigenvalue weighted by atomic mass is 16.6. The SMILES string of the molecule is CCCCCCCC[C@@H]1OC(=O)[C@H](C)C1C(=O)O. The number of cyclic esters (lactones) is 1. The van der Waals surface area contributed by atoms with Crippen molar-refractivity contribution in [2.75, 3.05) is 0 Å². The van der Waals surface area contributed by atoms with Crippen LogP contribution in [0.15, 0.2) is 0 Å². The number of ether oxygens (including phenoxy) is 1. The Morgan fingerprint density at radius 3 is 2.44 bits per heavy atom. The van der Waals surface area contributed by atoms with Gasteiger partial charge in [0, 0.05) is 0 Å². The Morgan fingerprint density at radius 1 is 1.22 bits per heavy atom. The van der Waals surface area contributed by atoms with Gasteiger partial charge in [-0.15, -0.1) is 0 Å². The number of carbonyl (C=O) groups excluding carboxylic acids is 1. The van der Waals surface area contributed by atoms with Crippen LogP contribution in [0.3, 0.4) is 0 Å². The lowest BCUT2D eigenvalue weighted by Crippen LogP contribution is -2.27. The molecular weight excluding hydrogens is 232 g/mol. The molecule has 1 rings (SSSR count). The topological polar surface area (TPSA) is 63.6 Å². The second-order valence-corrected chi connectivity index (χ2v) is 5.18. The minimum Gasteiger partial charge on any atom is -0.481 e. The highest BCUT2D eigenvalue weighted by molar-refractivity contribution is 5.84. The Bertz CT molecular complexity index is 288. The van der Waals surface area contributed by atoms with Crippen molar-refractivity contribution in [3.8, 4) is 0 Å². The predicted molar refractivity (Wildman–Crippen MR) is 68.2 cm³/mol. The van der Waals surface area contributed by atoms with Gasteiger partial charge in [-0.25, -0.2) is 0 Å². The summed E-state index contributed by atoms with van der Waals surface area (Å²) >= 11 is 0. The molecule has 1 saturated heterocycles. The number of hydrogen-bond donors (Lipinski definition) is 1. The van der Waals surface area contributed by atoms with Crippen LogP contribution in [0, 0.1) is 11.8 Å². The first kappa shape index (κ1) is 15.0. The van der Waals surface area contributed by atoms with Crippen molar-refractivity contribution in [2.24, 2.45) is 11.8 Å². The maximum absolute atomic E-state index is 11.4. The summed E-state index contributed by atoms with van der Waals surface area (Å²) < 4.78 is 5.16. The summed E-state index contributed by atoms with van der Waals surface area (Å²) in [6.07, 6.45) is 7.19. The van der Waals surface area contributed by atoms with Crippen LogP contribution >= 0.6 is 0 Å². The van der Waals surface area contributed by atoms with Crippen LogP contribution in [-0.2, 0) is 14.3 Å². The van der Waals surface area contributed by atoms with Gasteiger partial charge in [0.15, 0.2) is 0 Å². The number of carboxylic acid groups (broad SMARTS) is 1. The van der Waals surface area contributed by atoms with Gasteiger partial charge in [0.05, 0.1) is 5.92 Å². The van der Waals surface area contributed by atoms with Crippen LogP contribution in [-0.4, -0.2) is 23.1 Å². The third-order valence-corrected chi connectivity index (χ3v) is 3.71. The molecule has 1 unspecified atom stereocenters. The van der Waals surface area contributed by atoms with Crippen molar-refractivity contribution >= 4 is 11.9 Å². The Hall–Kier alpha value is -1.06. The van der Waals surface area contributed by atoms with Crippen molar-refractivity contribution in [2.45, 2.75) is 64.9 Å². The second-order valence-electron chi connectivity index (χ2n) is 5.18. The van der Waals surface area contributed by atoms with E-state index >= 15 is 0 Å².